The zero-order chi connectivity index (χ0) is 11.7. The largest absolute Gasteiger partial charge is 0.368 e. The number of hydrogen-bond acceptors (Lipinski definition) is 6. The van der Waals surface area contributed by atoms with Gasteiger partial charge in [0.05, 0.1) is 6.61 Å². The minimum atomic E-state index is 0.0120. The Labute approximate surface area is 105 Å². The van der Waals surface area contributed by atoms with Crippen molar-refractivity contribution in [1.82, 2.24) is 15.5 Å². The van der Waals surface area contributed by atoms with Gasteiger partial charge in [0.1, 0.15) is 6.10 Å². The van der Waals surface area contributed by atoms with Crippen LogP contribution >= 0.6 is 11.8 Å². The van der Waals surface area contributed by atoms with Crippen LogP contribution in [0.25, 0.3) is 0 Å². The zero-order valence-electron chi connectivity index (χ0n) is 9.89. The Morgan fingerprint density at radius 1 is 1.47 bits per heavy atom. The Morgan fingerprint density at radius 3 is 3.00 bits per heavy atom. The minimum Gasteiger partial charge on any atom is -0.368 e. The third-order valence-electron chi connectivity index (χ3n) is 3.47. The van der Waals surface area contributed by atoms with E-state index in [-0.39, 0.29) is 6.10 Å². The van der Waals surface area contributed by atoms with Crippen molar-refractivity contribution in [3.8, 4) is 0 Å². The molecule has 2 atom stereocenters. The van der Waals surface area contributed by atoms with Gasteiger partial charge in [-0.15, -0.1) is 0 Å². The highest BCUT2D eigenvalue weighted by Gasteiger charge is 2.30. The summed E-state index contributed by atoms with van der Waals surface area (Å²) >= 11 is 1.88. The Kier molecular flexibility index (Phi) is 3.35. The van der Waals surface area contributed by atoms with Crippen LogP contribution in [0, 0.1) is 5.92 Å². The molecule has 3 heterocycles. The van der Waals surface area contributed by atoms with Crippen LogP contribution in [0.5, 0.6) is 0 Å². The molecule has 0 aromatic carbocycles. The molecule has 17 heavy (non-hydrogen) atoms. The van der Waals surface area contributed by atoms with E-state index in [1.165, 1.54) is 0 Å². The summed E-state index contributed by atoms with van der Waals surface area (Å²) in [6, 6.07) is 0. The van der Waals surface area contributed by atoms with Gasteiger partial charge in [-0.2, -0.15) is 16.7 Å². The van der Waals surface area contributed by atoms with Crippen LogP contribution in [0.1, 0.15) is 30.7 Å². The lowest BCUT2D eigenvalue weighted by atomic mass is 9.89. The van der Waals surface area contributed by atoms with E-state index in [1.807, 2.05) is 11.8 Å². The third-order valence-corrected chi connectivity index (χ3v) is 4.46. The van der Waals surface area contributed by atoms with Crippen molar-refractivity contribution in [3.05, 3.63) is 11.7 Å². The first-order chi connectivity index (χ1) is 8.34. The SMILES string of the molecule is CC(c1nc(C2CSCCO2)no1)C1CNC1. The number of nitrogens with zero attached hydrogens (tertiary/aromatic N) is 2. The molecule has 0 aliphatic carbocycles. The fraction of sp³-hybridized carbons (Fsp3) is 0.818. The van der Waals surface area contributed by atoms with Gasteiger partial charge >= 0.3 is 0 Å². The molecule has 0 amide bonds. The average molecular weight is 255 g/mol. The van der Waals surface area contributed by atoms with E-state index in [4.69, 9.17) is 9.26 Å². The molecule has 1 aromatic heterocycles. The highest BCUT2D eigenvalue weighted by atomic mass is 32.2. The minimum absolute atomic E-state index is 0.0120. The van der Waals surface area contributed by atoms with Gasteiger partial charge in [-0.3, -0.25) is 0 Å². The fourth-order valence-corrected chi connectivity index (χ4v) is 2.91. The molecule has 2 aliphatic heterocycles. The zero-order valence-corrected chi connectivity index (χ0v) is 10.7. The summed E-state index contributed by atoms with van der Waals surface area (Å²) in [6.07, 6.45) is 0.0120. The van der Waals surface area contributed by atoms with Gasteiger partial charge < -0.3 is 14.6 Å². The molecule has 6 heteroatoms. The van der Waals surface area contributed by atoms with Gasteiger partial charge in [-0.1, -0.05) is 12.1 Å². The number of ether oxygens (including phenoxy) is 1. The monoisotopic (exact) mass is 255 g/mol. The molecule has 2 unspecified atom stereocenters. The van der Waals surface area contributed by atoms with Crippen molar-refractivity contribution in [1.29, 1.82) is 0 Å². The van der Waals surface area contributed by atoms with Crippen LogP contribution in [-0.2, 0) is 4.74 Å². The van der Waals surface area contributed by atoms with E-state index in [9.17, 15) is 0 Å². The van der Waals surface area contributed by atoms with Gasteiger partial charge in [0.25, 0.3) is 0 Å². The van der Waals surface area contributed by atoms with Gasteiger partial charge in [0, 0.05) is 17.4 Å². The summed E-state index contributed by atoms with van der Waals surface area (Å²) in [6.45, 7) is 5.03. The van der Waals surface area contributed by atoms with E-state index in [1.54, 1.807) is 0 Å². The summed E-state index contributed by atoms with van der Waals surface area (Å²) in [4.78, 5) is 4.49. The molecule has 2 fully saturated rings. The Bertz CT molecular complexity index is 358. The molecule has 1 aromatic rings. The second kappa shape index (κ2) is 4.96. The van der Waals surface area contributed by atoms with Gasteiger partial charge in [0.15, 0.2) is 0 Å². The van der Waals surface area contributed by atoms with Gasteiger partial charge in [0.2, 0.25) is 11.7 Å². The highest BCUT2D eigenvalue weighted by molar-refractivity contribution is 7.99. The van der Waals surface area contributed by atoms with Crippen molar-refractivity contribution >= 4 is 11.8 Å². The summed E-state index contributed by atoms with van der Waals surface area (Å²) in [5, 5.41) is 7.32. The Morgan fingerprint density at radius 2 is 2.35 bits per heavy atom. The van der Waals surface area contributed by atoms with Crippen molar-refractivity contribution in [2.75, 3.05) is 31.2 Å². The summed E-state index contributed by atoms with van der Waals surface area (Å²) in [5.41, 5.74) is 0. The number of thioether (sulfide) groups is 1. The highest BCUT2D eigenvalue weighted by Crippen LogP contribution is 2.29. The smallest absolute Gasteiger partial charge is 0.229 e. The second-order valence-corrected chi connectivity index (χ2v) is 5.78. The standard InChI is InChI=1S/C11H17N3O2S/c1-7(8-4-12-5-8)11-13-10(14-16-11)9-6-17-3-2-15-9/h7-9,12H,2-6H2,1H3. The Balaban J connectivity index is 1.68. The third kappa shape index (κ3) is 2.34. The summed E-state index contributed by atoms with van der Waals surface area (Å²) < 4.78 is 11.0. The van der Waals surface area contributed by atoms with Crippen molar-refractivity contribution in [2.45, 2.75) is 18.9 Å². The van der Waals surface area contributed by atoms with Crippen LogP contribution in [0.4, 0.5) is 0 Å². The number of hydrogen-bond donors (Lipinski definition) is 1. The topological polar surface area (TPSA) is 60.2 Å². The predicted octanol–water partition coefficient (Wildman–Crippen LogP) is 1.20. The van der Waals surface area contributed by atoms with E-state index in [2.05, 4.69) is 22.4 Å². The lowest BCUT2D eigenvalue weighted by Gasteiger charge is -2.30. The maximum Gasteiger partial charge on any atom is 0.229 e. The van der Waals surface area contributed by atoms with Crippen molar-refractivity contribution in [3.63, 3.8) is 0 Å². The molecule has 1 N–H and O–H groups in total. The van der Waals surface area contributed by atoms with E-state index in [0.717, 1.165) is 37.1 Å². The molecule has 94 valence electrons. The van der Waals surface area contributed by atoms with E-state index >= 15 is 0 Å². The maximum absolute atomic E-state index is 5.64. The lowest BCUT2D eigenvalue weighted by molar-refractivity contribution is 0.0677. The Hall–Kier alpha value is -0.590. The lowest BCUT2D eigenvalue weighted by Crippen LogP contribution is -2.44. The molecule has 2 saturated heterocycles. The van der Waals surface area contributed by atoms with Crippen LogP contribution in [0.3, 0.4) is 0 Å². The fourth-order valence-electron chi connectivity index (χ4n) is 2.07. The summed E-state index contributed by atoms with van der Waals surface area (Å²) in [5.74, 6) is 4.43. The first kappa shape index (κ1) is 11.5. The molecule has 0 radical (unpaired) electrons. The number of rotatable bonds is 3. The molecule has 5 nitrogen and oxygen atoms in total. The maximum atomic E-state index is 5.64. The van der Waals surface area contributed by atoms with Crippen LogP contribution in [0.15, 0.2) is 4.52 Å². The van der Waals surface area contributed by atoms with Crippen molar-refractivity contribution in [2.24, 2.45) is 5.92 Å². The first-order valence-corrected chi connectivity index (χ1v) is 7.23. The number of nitrogens with one attached hydrogen (secondary N) is 1. The van der Waals surface area contributed by atoms with Crippen LogP contribution < -0.4 is 5.32 Å². The average Bonchev–Trinajstić information content (AvgIpc) is 2.77. The van der Waals surface area contributed by atoms with Crippen LogP contribution in [0.2, 0.25) is 0 Å². The molecule has 0 spiro atoms. The first-order valence-electron chi connectivity index (χ1n) is 6.08. The van der Waals surface area contributed by atoms with E-state index in [0.29, 0.717) is 17.7 Å². The van der Waals surface area contributed by atoms with Gasteiger partial charge in [-0.25, -0.2) is 0 Å². The summed E-state index contributed by atoms with van der Waals surface area (Å²) in [7, 11) is 0. The van der Waals surface area contributed by atoms with Gasteiger partial charge in [-0.05, 0) is 19.0 Å². The predicted molar refractivity (Wildman–Crippen MR) is 65.1 cm³/mol. The molecule has 0 bridgehead atoms. The quantitative estimate of drug-likeness (QED) is 0.875. The second-order valence-electron chi connectivity index (χ2n) is 4.63. The molecule has 3 rings (SSSR count). The number of aromatic nitrogens is 2. The normalized spacial score (nSPS) is 27.7. The molecule has 0 saturated carbocycles. The molecular formula is C11H17N3O2S. The molecule has 2 aliphatic rings. The van der Waals surface area contributed by atoms with Crippen LogP contribution in [-0.4, -0.2) is 41.3 Å². The molecular weight excluding hydrogens is 238 g/mol. The van der Waals surface area contributed by atoms with E-state index < -0.39 is 0 Å². The van der Waals surface area contributed by atoms with Crippen molar-refractivity contribution < 1.29 is 9.26 Å².